The largest absolute Gasteiger partial charge is 0.442 e. The van der Waals surface area contributed by atoms with Crippen LogP contribution in [0.1, 0.15) is 62.5 Å². The summed E-state index contributed by atoms with van der Waals surface area (Å²) in [6.45, 7) is 5.18. The molecule has 37 heavy (non-hydrogen) atoms. The molecular weight excluding hydrogens is 511 g/mol. The van der Waals surface area contributed by atoms with Gasteiger partial charge in [-0.3, -0.25) is 4.79 Å². The molecule has 198 valence electrons. The molecule has 2 aromatic heterocycles. The number of anilines is 1. The van der Waals surface area contributed by atoms with Crippen LogP contribution in [0.3, 0.4) is 0 Å². The number of aromatic nitrogens is 3. The van der Waals surface area contributed by atoms with E-state index in [-0.39, 0.29) is 28.9 Å². The lowest BCUT2D eigenvalue weighted by atomic mass is 9.90. The Balaban J connectivity index is 1.46. The van der Waals surface area contributed by atoms with Crippen LogP contribution in [-0.4, -0.2) is 44.4 Å². The highest BCUT2D eigenvalue weighted by atomic mass is 35.5. The van der Waals surface area contributed by atoms with Crippen LogP contribution in [0.25, 0.3) is 10.9 Å². The number of halogens is 4. The number of carbonyl (C=O) groups is 2. The van der Waals surface area contributed by atoms with Crippen molar-refractivity contribution >= 4 is 40.2 Å². The van der Waals surface area contributed by atoms with Gasteiger partial charge in [0.05, 0.1) is 23.5 Å². The summed E-state index contributed by atoms with van der Waals surface area (Å²) in [5, 5.41) is 10.9. The summed E-state index contributed by atoms with van der Waals surface area (Å²) in [4.78, 5) is 28.7. The van der Waals surface area contributed by atoms with Crippen LogP contribution in [0, 0.1) is 0 Å². The quantitative estimate of drug-likeness (QED) is 0.421. The Morgan fingerprint density at radius 3 is 2.57 bits per heavy atom. The zero-order valence-electron chi connectivity index (χ0n) is 20.5. The lowest BCUT2D eigenvalue weighted by Gasteiger charge is -2.31. The molecule has 1 aromatic carbocycles. The van der Waals surface area contributed by atoms with Gasteiger partial charge < -0.3 is 15.4 Å². The van der Waals surface area contributed by atoms with E-state index in [0.717, 1.165) is 17.2 Å². The normalized spacial score (nSPS) is 18.5. The molecule has 1 aliphatic rings. The van der Waals surface area contributed by atoms with Gasteiger partial charge in [-0.15, -0.1) is 0 Å². The number of nitrogens with one attached hydrogen (secondary N) is 2. The van der Waals surface area contributed by atoms with Gasteiger partial charge in [0, 0.05) is 28.2 Å². The van der Waals surface area contributed by atoms with Crippen LogP contribution in [0.15, 0.2) is 36.7 Å². The molecule has 0 saturated heterocycles. The number of pyridine rings is 1. The van der Waals surface area contributed by atoms with Crippen molar-refractivity contribution in [3.8, 4) is 0 Å². The fourth-order valence-corrected chi connectivity index (χ4v) is 4.42. The topological polar surface area (TPSA) is 98.1 Å². The predicted octanol–water partition coefficient (Wildman–Crippen LogP) is 6.04. The molecule has 1 saturated carbocycles. The first kappa shape index (κ1) is 26.7. The Bertz CT molecular complexity index is 1320. The molecule has 1 aliphatic carbocycles. The van der Waals surface area contributed by atoms with E-state index in [4.69, 9.17) is 16.3 Å². The molecule has 0 aliphatic heterocycles. The summed E-state index contributed by atoms with van der Waals surface area (Å²) in [5.74, 6) is -0.402. The van der Waals surface area contributed by atoms with Gasteiger partial charge in [-0.25, -0.2) is 9.78 Å². The third-order valence-corrected chi connectivity index (χ3v) is 6.09. The summed E-state index contributed by atoms with van der Waals surface area (Å²) >= 11 is 6.09. The fourth-order valence-electron chi connectivity index (χ4n) is 4.25. The van der Waals surface area contributed by atoms with Crippen molar-refractivity contribution in [2.24, 2.45) is 0 Å². The second-order valence-electron chi connectivity index (χ2n) is 10.0. The fraction of sp³-hybridized carbons (Fsp3) is 0.440. The van der Waals surface area contributed by atoms with Gasteiger partial charge in [0.2, 0.25) is 0 Å². The molecular formula is C25H27ClF3N5O3. The van der Waals surface area contributed by atoms with E-state index in [2.05, 4.69) is 20.7 Å². The van der Waals surface area contributed by atoms with E-state index in [0.29, 0.717) is 29.7 Å². The minimum Gasteiger partial charge on any atom is -0.442 e. The number of nitrogens with zero attached hydrogens (tertiary/aromatic N) is 3. The molecule has 2 atom stereocenters. The Morgan fingerprint density at radius 1 is 1.14 bits per heavy atom. The number of rotatable bonds is 4. The predicted molar refractivity (Wildman–Crippen MR) is 133 cm³/mol. The van der Waals surface area contributed by atoms with E-state index in [1.54, 1.807) is 26.8 Å². The molecule has 0 bridgehead atoms. The highest BCUT2D eigenvalue weighted by Crippen LogP contribution is 2.35. The Morgan fingerprint density at radius 2 is 1.86 bits per heavy atom. The van der Waals surface area contributed by atoms with E-state index in [1.807, 2.05) is 0 Å². The van der Waals surface area contributed by atoms with Crippen molar-refractivity contribution in [2.45, 2.75) is 70.3 Å². The summed E-state index contributed by atoms with van der Waals surface area (Å²) in [6, 6.07) is 5.12. The minimum absolute atomic E-state index is 0.185. The van der Waals surface area contributed by atoms with E-state index in [1.165, 1.54) is 24.5 Å². The van der Waals surface area contributed by atoms with Crippen LogP contribution < -0.4 is 10.6 Å². The van der Waals surface area contributed by atoms with Crippen molar-refractivity contribution in [2.75, 3.05) is 5.32 Å². The highest BCUT2D eigenvalue weighted by molar-refractivity contribution is 6.31. The third kappa shape index (κ3) is 6.71. The van der Waals surface area contributed by atoms with Gasteiger partial charge in [0.25, 0.3) is 5.91 Å². The van der Waals surface area contributed by atoms with Crippen molar-refractivity contribution in [1.29, 1.82) is 0 Å². The maximum absolute atomic E-state index is 13.5. The Labute approximate surface area is 216 Å². The van der Waals surface area contributed by atoms with Crippen molar-refractivity contribution < 1.29 is 27.5 Å². The smallest absolute Gasteiger partial charge is 0.435 e. The van der Waals surface area contributed by atoms with Gasteiger partial charge >= 0.3 is 12.3 Å². The van der Waals surface area contributed by atoms with Crippen molar-refractivity contribution in [1.82, 2.24) is 20.1 Å². The molecule has 1 fully saturated rings. The number of hydrogen-bond donors (Lipinski definition) is 2. The number of ether oxygens (including phenoxy) is 1. The second kappa shape index (κ2) is 10.2. The monoisotopic (exact) mass is 537 g/mol. The van der Waals surface area contributed by atoms with Crippen LogP contribution in [0.5, 0.6) is 0 Å². The van der Waals surface area contributed by atoms with Crippen LogP contribution in [0.2, 0.25) is 5.02 Å². The third-order valence-electron chi connectivity index (χ3n) is 5.86. The van der Waals surface area contributed by atoms with Crippen LogP contribution >= 0.6 is 11.6 Å². The van der Waals surface area contributed by atoms with Crippen molar-refractivity contribution in [3.05, 3.63) is 52.9 Å². The van der Waals surface area contributed by atoms with Crippen LogP contribution in [-0.2, 0) is 10.9 Å². The van der Waals surface area contributed by atoms with E-state index in [9.17, 15) is 22.8 Å². The standard InChI is InChI=1S/C25H27ClF3N5O3/c1-24(2,3)37-23(36)34-13-14(12-30-34)22(35)32-17-6-4-5-16(10-17)31-20-11-21(25(27,28)29)33-19-8-7-15(26)9-18(19)20/h7-9,11-13,16-17H,4-6,10H2,1-3H3,(H,31,33)(H,32,35)/t16-,17+/m0/s1. The second-order valence-corrected chi connectivity index (χ2v) is 10.5. The SMILES string of the molecule is CC(C)(C)OC(=O)n1cc(C(=O)N[C@@H]2CCC[C@H](Nc3cc(C(F)(F)F)nc4ccc(Cl)cc34)C2)cn1. The first-order chi connectivity index (χ1) is 17.3. The number of fused-ring (bicyclic) bond motifs is 1. The average molecular weight is 538 g/mol. The summed E-state index contributed by atoms with van der Waals surface area (Å²) in [5.41, 5.74) is -1.03. The van der Waals surface area contributed by atoms with E-state index >= 15 is 0 Å². The Hall–Kier alpha value is -3.34. The van der Waals surface area contributed by atoms with Crippen LogP contribution in [0.4, 0.5) is 23.7 Å². The molecule has 2 heterocycles. The molecule has 0 unspecified atom stereocenters. The maximum atomic E-state index is 13.5. The summed E-state index contributed by atoms with van der Waals surface area (Å²) < 4.78 is 46.6. The molecule has 3 aromatic rings. The maximum Gasteiger partial charge on any atom is 0.435 e. The highest BCUT2D eigenvalue weighted by Gasteiger charge is 2.34. The molecule has 12 heteroatoms. The van der Waals surface area contributed by atoms with Gasteiger partial charge in [-0.05, 0) is 70.7 Å². The summed E-state index contributed by atoms with van der Waals surface area (Å²) in [7, 11) is 0. The van der Waals surface area contributed by atoms with E-state index < -0.39 is 29.5 Å². The van der Waals surface area contributed by atoms with Gasteiger partial charge in [-0.1, -0.05) is 11.6 Å². The van der Waals surface area contributed by atoms with Gasteiger partial charge in [-0.2, -0.15) is 23.0 Å². The van der Waals surface area contributed by atoms with Crippen molar-refractivity contribution in [3.63, 3.8) is 0 Å². The number of benzene rings is 1. The zero-order chi connectivity index (χ0) is 27.0. The Kier molecular flexibility index (Phi) is 7.36. The zero-order valence-corrected chi connectivity index (χ0v) is 21.3. The molecule has 4 rings (SSSR count). The number of amides is 1. The molecule has 8 nitrogen and oxygen atoms in total. The lowest BCUT2D eigenvalue weighted by molar-refractivity contribution is -0.140. The molecule has 0 radical (unpaired) electrons. The van der Waals surface area contributed by atoms with Gasteiger partial charge in [0.15, 0.2) is 0 Å². The number of carbonyl (C=O) groups excluding carboxylic acids is 2. The molecule has 2 N–H and O–H groups in total. The first-order valence-corrected chi connectivity index (χ1v) is 12.2. The lowest BCUT2D eigenvalue weighted by Crippen LogP contribution is -2.41. The molecule has 1 amide bonds. The minimum atomic E-state index is -4.60. The first-order valence-electron chi connectivity index (χ1n) is 11.8. The molecule has 0 spiro atoms. The van der Waals surface area contributed by atoms with Gasteiger partial charge in [0.1, 0.15) is 11.3 Å². The number of hydrogen-bond acceptors (Lipinski definition) is 6. The summed E-state index contributed by atoms with van der Waals surface area (Å²) in [6.07, 6.45) is -0.0343. The number of alkyl halides is 3. The average Bonchev–Trinajstić information content (AvgIpc) is 3.29.